The Balaban J connectivity index is 1.70. The molecule has 154 valence electrons. The Hall–Kier alpha value is -1.60. The van der Waals surface area contributed by atoms with Crippen molar-refractivity contribution in [1.82, 2.24) is 0 Å². The minimum absolute atomic E-state index is 0.216. The molecule has 0 heterocycles. The van der Waals surface area contributed by atoms with E-state index in [4.69, 9.17) is 36.6 Å². The van der Waals surface area contributed by atoms with Gasteiger partial charge >= 0.3 is 7.82 Å². The van der Waals surface area contributed by atoms with Crippen LogP contribution in [0.2, 0.25) is 5.02 Å². The number of benzene rings is 2. The molecule has 28 heavy (non-hydrogen) atoms. The second-order valence-corrected chi connectivity index (χ2v) is 8.39. The van der Waals surface area contributed by atoms with Crippen LogP contribution in [0.1, 0.15) is 18.9 Å². The van der Waals surface area contributed by atoms with Crippen LogP contribution in [0.3, 0.4) is 0 Å². The molecule has 1 unspecified atom stereocenters. The zero-order chi connectivity index (χ0) is 20.6. The van der Waals surface area contributed by atoms with Crippen LogP contribution in [-0.4, -0.2) is 35.1 Å². The first-order chi connectivity index (χ1) is 13.1. The molecule has 0 bridgehead atoms. The van der Waals surface area contributed by atoms with E-state index in [2.05, 4.69) is 4.52 Å². The molecule has 9 heteroatoms. The Kier molecular flexibility index (Phi) is 8.31. The molecule has 0 saturated carbocycles. The third kappa shape index (κ3) is 9.06. The SMILES string of the molecule is CC(N)(CCc1ccc(OCCOc2ccc(Cl)cc2)cc1)COP(=O)(O)O. The summed E-state index contributed by atoms with van der Waals surface area (Å²) in [5.74, 6) is 1.46. The quantitative estimate of drug-likeness (QED) is 0.370. The molecule has 0 aromatic heterocycles. The van der Waals surface area contributed by atoms with Crippen molar-refractivity contribution in [3.8, 4) is 11.5 Å². The van der Waals surface area contributed by atoms with E-state index in [-0.39, 0.29) is 6.61 Å². The number of nitrogens with two attached hydrogens (primary N) is 1. The number of phosphoric ester groups is 1. The fraction of sp³-hybridized carbons (Fsp3) is 0.368. The summed E-state index contributed by atoms with van der Waals surface area (Å²) in [6, 6.07) is 14.7. The summed E-state index contributed by atoms with van der Waals surface area (Å²) in [5, 5.41) is 0.660. The molecule has 0 amide bonds. The van der Waals surface area contributed by atoms with Gasteiger partial charge in [0.1, 0.15) is 24.7 Å². The van der Waals surface area contributed by atoms with Gasteiger partial charge in [-0.2, -0.15) is 0 Å². The van der Waals surface area contributed by atoms with Crippen molar-refractivity contribution in [2.45, 2.75) is 25.3 Å². The van der Waals surface area contributed by atoms with Crippen LogP contribution in [0, 0.1) is 0 Å². The first kappa shape index (κ1) is 22.7. The first-order valence-electron chi connectivity index (χ1n) is 8.72. The smallest absolute Gasteiger partial charge is 0.469 e. The highest BCUT2D eigenvalue weighted by Gasteiger charge is 2.24. The lowest BCUT2D eigenvalue weighted by Crippen LogP contribution is -2.41. The number of hydrogen-bond donors (Lipinski definition) is 3. The standard InChI is InChI=1S/C19H25ClNO6P/c1-19(21,14-27-28(22,23)24)11-10-15-2-6-17(7-3-15)25-12-13-26-18-8-4-16(20)5-9-18/h2-9H,10-14,21H2,1H3,(H2,22,23,24). The maximum atomic E-state index is 10.8. The lowest BCUT2D eigenvalue weighted by atomic mass is 9.95. The molecule has 7 nitrogen and oxygen atoms in total. The molecule has 2 aromatic carbocycles. The first-order valence-corrected chi connectivity index (χ1v) is 10.6. The summed E-state index contributed by atoms with van der Waals surface area (Å²) in [4.78, 5) is 17.5. The van der Waals surface area contributed by atoms with E-state index in [1.54, 1.807) is 31.2 Å². The predicted octanol–water partition coefficient (Wildman–Crippen LogP) is 3.56. The van der Waals surface area contributed by atoms with E-state index in [0.29, 0.717) is 31.1 Å². The zero-order valence-electron chi connectivity index (χ0n) is 15.6. The number of ether oxygens (including phenoxy) is 2. The van der Waals surface area contributed by atoms with Crippen LogP contribution in [0.25, 0.3) is 0 Å². The van der Waals surface area contributed by atoms with Crippen LogP contribution in [-0.2, 0) is 15.5 Å². The van der Waals surface area contributed by atoms with E-state index in [1.807, 2.05) is 24.3 Å². The molecule has 4 N–H and O–H groups in total. The van der Waals surface area contributed by atoms with Crippen molar-refractivity contribution < 1.29 is 28.3 Å². The fourth-order valence-electron chi connectivity index (χ4n) is 2.34. The van der Waals surface area contributed by atoms with Crippen molar-refractivity contribution >= 4 is 19.4 Å². The third-order valence-corrected chi connectivity index (χ3v) is 4.62. The zero-order valence-corrected chi connectivity index (χ0v) is 17.2. The monoisotopic (exact) mass is 429 g/mol. The Morgan fingerprint density at radius 1 is 1.00 bits per heavy atom. The summed E-state index contributed by atoms with van der Waals surface area (Å²) in [5.41, 5.74) is 6.23. The van der Waals surface area contributed by atoms with Gasteiger partial charge in [-0.3, -0.25) is 4.52 Å². The highest BCUT2D eigenvalue weighted by molar-refractivity contribution is 7.46. The highest BCUT2D eigenvalue weighted by Crippen LogP contribution is 2.36. The van der Waals surface area contributed by atoms with Gasteiger partial charge in [0.05, 0.1) is 6.61 Å². The summed E-state index contributed by atoms with van der Waals surface area (Å²) < 4.78 is 26.5. The molecular formula is C19H25ClNO6P. The third-order valence-electron chi connectivity index (χ3n) is 3.91. The van der Waals surface area contributed by atoms with Crippen molar-refractivity contribution in [1.29, 1.82) is 0 Å². The van der Waals surface area contributed by atoms with Gasteiger partial charge < -0.3 is 25.0 Å². The minimum Gasteiger partial charge on any atom is -0.490 e. The van der Waals surface area contributed by atoms with Crippen molar-refractivity contribution in [3.05, 3.63) is 59.1 Å². The van der Waals surface area contributed by atoms with Gasteiger partial charge in [0.15, 0.2) is 0 Å². The molecule has 0 fully saturated rings. The molecule has 2 aromatic rings. The molecule has 0 saturated heterocycles. The van der Waals surface area contributed by atoms with Crippen molar-refractivity contribution in [2.75, 3.05) is 19.8 Å². The van der Waals surface area contributed by atoms with Gasteiger partial charge in [0.2, 0.25) is 0 Å². The van der Waals surface area contributed by atoms with Crippen LogP contribution in [0.5, 0.6) is 11.5 Å². The number of rotatable bonds is 11. The van der Waals surface area contributed by atoms with E-state index in [9.17, 15) is 4.57 Å². The van der Waals surface area contributed by atoms with E-state index < -0.39 is 13.4 Å². The highest BCUT2D eigenvalue weighted by atomic mass is 35.5. The molecule has 0 spiro atoms. The Morgan fingerprint density at radius 2 is 1.50 bits per heavy atom. The van der Waals surface area contributed by atoms with Gasteiger partial charge in [0.25, 0.3) is 0 Å². The molecule has 0 aliphatic rings. The average Bonchev–Trinajstić information content (AvgIpc) is 2.64. The number of hydrogen-bond acceptors (Lipinski definition) is 5. The van der Waals surface area contributed by atoms with Crippen LogP contribution >= 0.6 is 19.4 Å². The second-order valence-electron chi connectivity index (χ2n) is 6.71. The Labute approximate surface area is 169 Å². The predicted molar refractivity (Wildman–Crippen MR) is 108 cm³/mol. The van der Waals surface area contributed by atoms with Gasteiger partial charge in [-0.1, -0.05) is 23.7 Å². The van der Waals surface area contributed by atoms with Gasteiger partial charge in [0, 0.05) is 10.6 Å². The van der Waals surface area contributed by atoms with E-state index in [1.165, 1.54) is 0 Å². The second kappa shape index (κ2) is 10.3. The summed E-state index contributed by atoms with van der Waals surface area (Å²) >= 11 is 5.82. The van der Waals surface area contributed by atoms with Gasteiger partial charge in [-0.05, 0) is 61.7 Å². The van der Waals surface area contributed by atoms with E-state index >= 15 is 0 Å². The fourth-order valence-corrected chi connectivity index (χ4v) is 2.92. The van der Waals surface area contributed by atoms with Crippen LogP contribution in [0.4, 0.5) is 0 Å². The minimum atomic E-state index is -4.51. The van der Waals surface area contributed by atoms with Gasteiger partial charge in [-0.15, -0.1) is 0 Å². The van der Waals surface area contributed by atoms with Crippen molar-refractivity contribution in [2.24, 2.45) is 5.73 Å². The number of aryl methyl sites for hydroxylation is 1. The summed E-state index contributed by atoms with van der Waals surface area (Å²) in [7, 11) is -4.51. The largest absolute Gasteiger partial charge is 0.490 e. The van der Waals surface area contributed by atoms with Crippen LogP contribution < -0.4 is 15.2 Å². The lowest BCUT2D eigenvalue weighted by molar-refractivity contribution is 0.154. The molecule has 2 rings (SSSR count). The molecular weight excluding hydrogens is 405 g/mol. The summed E-state index contributed by atoms with van der Waals surface area (Å²) in [6.07, 6.45) is 1.17. The van der Waals surface area contributed by atoms with Crippen LogP contribution in [0.15, 0.2) is 48.5 Å². The van der Waals surface area contributed by atoms with Crippen molar-refractivity contribution in [3.63, 3.8) is 0 Å². The molecule has 1 atom stereocenters. The maximum absolute atomic E-state index is 10.8. The topological polar surface area (TPSA) is 111 Å². The lowest BCUT2D eigenvalue weighted by Gasteiger charge is -2.24. The van der Waals surface area contributed by atoms with Gasteiger partial charge in [-0.25, -0.2) is 4.57 Å². The van der Waals surface area contributed by atoms with E-state index in [0.717, 1.165) is 17.1 Å². The maximum Gasteiger partial charge on any atom is 0.469 e. The Bertz CT molecular complexity index is 776. The summed E-state index contributed by atoms with van der Waals surface area (Å²) in [6.45, 7) is 2.30. The Morgan fingerprint density at radius 3 is 2.00 bits per heavy atom. The molecule has 0 aliphatic carbocycles. The number of halogens is 1. The normalized spacial score (nSPS) is 13.8. The number of phosphoric acid groups is 1. The molecule has 0 aliphatic heterocycles. The molecule has 0 radical (unpaired) electrons. The average molecular weight is 430 g/mol.